The number of carbonyl (C=O) groups is 1. The molecule has 6 nitrogen and oxygen atoms in total. The second kappa shape index (κ2) is 6.95. The number of benzene rings is 2. The Morgan fingerprint density at radius 3 is 2.75 bits per heavy atom. The molecule has 1 amide bonds. The molecule has 0 spiro atoms. The molecule has 6 heteroatoms. The average Bonchev–Trinajstić information content (AvgIpc) is 2.95. The Morgan fingerprint density at radius 1 is 1.17 bits per heavy atom. The fourth-order valence-corrected chi connectivity index (χ4v) is 2.40. The van der Waals surface area contributed by atoms with Gasteiger partial charge < -0.3 is 15.5 Å². The first kappa shape index (κ1) is 15.7. The SMILES string of the molecule is CCc1cccc(OCC(=O)N=Nc2[nH]c(N)c3ccccc23)c1. The fourth-order valence-electron chi connectivity index (χ4n) is 2.40. The number of ether oxygens (including phenoxy) is 1. The second-order valence-electron chi connectivity index (χ2n) is 5.32. The summed E-state index contributed by atoms with van der Waals surface area (Å²) in [6.07, 6.45) is 0.909. The highest BCUT2D eigenvalue weighted by molar-refractivity contribution is 5.99. The Labute approximate surface area is 139 Å². The molecule has 0 aliphatic rings. The van der Waals surface area contributed by atoms with Crippen LogP contribution in [0.1, 0.15) is 12.5 Å². The van der Waals surface area contributed by atoms with E-state index in [2.05, 4.69) is 22.1 Å². The van der Waals surface area contributed by atoms with Crippen molar-refractivity contribution in [1.29, 1.82) is 0 Å². The summed E-state index contributed by atoms with van der Waals surface area (Å²) in [6, 6.07) is 15.1. The van der Waals surface area contributed by atoms with Crippen LogP contribution in [0.25, 0.3) is 10.8 Å². The standard InChI is InChI=1S/C18H18N4O2/c1-2-12-6-5-7-13(10-12)24-11-16(23)21-22-18-15-9-4-3-8-14(15)17(19)20-18/h3-10,20H,2,11,19H2,1H3. The highest BCUT2D eigenvalue weighted by atomic mass is 16.5. The lowest BCUT2D eigenvalue weighted by atomic mass is 10.2. The van der Waals surface area contributed by atoms with Gasteiger partial charge >= 0.3 is 5.91 Å². The molecule has 2 aromatic carbocycles. The number of nitrogens with one attached hydrogen (secondary N) is 1. The monoisotopic (exact) mass is 322 g/mol. The predicted octanol–water partition coefficient (Wildman–Crippen LogP) is 4.00. The van der Waals surface area contributed by atoms with Gasteiger partial charge in [-0.2, -0.15) is 0 Å². The Kier molecular flexibility index (Phi) is 4.56. The van der Waals surface area contributed by atoms with Gasteiger partial charge in [0.1, 0.15) is 11.6 Å². The second-order valence-corrected chi connectivity index (χ2v) is 5.32. The van der Waals surface area contributed by atoms with Crippen molar-refractivity contribution in [2.24, 2.45) is 10.2 Å². The Morgan fingerprint density at radius 2 is 1.96 bits per heavy atom. The topological polar surface area (TPSA) is 92.8 Å². The molecule has 0 fully saturated rings. The molecule has 0 bridgehead atoms. The van der Waals surface area contributed by atoms with E-state index in [0.717, 1.165) is 22.8 Å². The zero-order valence-corrected chi connectivity index (χ0v) is 13.3. The third-order valence-electron chi connectivity index (χ3n) is 3.66. The number of fused-ring (bicyclic) bond motifs is 1. The molecule has 0 radical (unpaired) electrons. The van der Waals surface area contributed by atoms with E-state index in [0.29, 0.717) is 17.4 Å². The van der Waals surface area contributed by atoms with Crippen molar-refractivity contribution >= 4 is 28.3 Å². The molecule has 0 saturated heterocycles. The van der Waals surface area contributed by atoms with E-state index >= 15 is 0 Å². The Bertz CT molecular complexity index is 899. The van der Waals surface area contributed by atoms with Crippen LogP contribution in [0.4, 0.5) is 11.6 Å². The zero-order valence-electron chi connectivity index (χ0n) is 13.3. The van der Waals surface area contributed by atoms with Crippen LogP contribution in [0, 0.1) is 0 Å². The zero-order chi connectivity index (χ0) is 16.9. The highest BCUT2D eigenvalue weighted by Crippen LogP contribution is 2.30. The Balaban J connectivity index is 1.66. The maximum absolute atomic E-state index is 11.9. The van der Waals surface area contributed by atoms with Crippen LogP contribution in [-0.2, 0) is 11.2 Å². The number of hydrogen-bond acceptors (Lipinski definition) is 4. The molecule has 0 saturated carbocycles. The van der Waals surface area contributed by atoms with Gasteiger partial charge in [0.05, 0.1) is 0 Å². The first-order valence-electron chi connectivity index (χ1n) is 7.70. The molecule has 1 aromatic heterocycles. The third kappa shape index (κ3) is 3.43. The molecule has 3 N–H and O–H groups in total. The van der Waals surface area contributed by atoms with Gasteiger partial charge in [-0.1, -0.05) is 43.3 Å². The third-order valence-corrected chi connectivity index (χ3v) is 3.66. The molecule has 0 aliphatic carbocycles. The van der Waals surface area contributed by atoms with Crippen LogP contribution in [-0.4, -0.2) is 17.5 Å². The van der Waals surface area contributed by atoms with Gasteiger partial charge in [-0.3, -0.25) is 4.79 Å². The lowest BCUT2D eigenvalue weighted by Crippen LogP contribution is -2.08. The van der Waals surface area contributed by atoms with Gasteiger partial charge in [-0.25, -0.2) is 0 Å². The molecule has 0 atom stereocenters. The van der Waals surface area contributed by atoms with Crippen molar-refractivity contribution in [2.75, 3.05) is 12.3 Å². The number of rotatable bonds is 5. The normalized spacial score (nSPS) is 11.2. The predicted molar refractivity (Wildman–Crippen MR) is 93.5 cm³/mol. The summed E-state index contributed by atoms with van der Waals surface area (Å²) in [4.78, 5) is 14.8. The van der Waals surface area contributed by atoms with E-state index in [-0.39, 0.29) is 6.61 Å². The maximum Gasteiger partial charge on any atom is 0.302 e. The summed E-state index contributed by atoms with van der Waals surface area (Å²) in [5, 5.41) is 9.33. The van der Waals surface area contributed by atoms with Crippen LogP contribution in [0.5, 0.6) is 5.75 Å². The number of azo groups is 1. The first-order chi connectivity index (χ1) is 11.7. The number of aromatic amines is 1. The highest BCUT2D eigenvalue weighted by Gasteiger charge is 2.08. The molecule has 24 heavy (non-hydrogen) atoms. The molecule has 3 rings (SSSR count). The van der Waals surface area contributed by atoms with Gasteiger partial charge in [0.15, 0.2) is 12.4 Å². The number of amides is 1. The minimum absolute atomic E-state index is 0.162. The molecule has 1 heterocycles. The number of nitrogen functional groups attached to an aromatic ring is 1. The van der Waals surface area contributed by atoms with Gasteiger partial charge in [0, 0.05) is 10.8 Å². The molecular weight excluding hydrogens is 304 g/mol. The minimum atomic E-state index is -0.464. The van der Waals surface area contributed by atoms with Crippen LogP contribution in [0.2, 0.25) is 0 Å². The largest absolute Gasteiger partial charge is 0.484 e. The van der Waals surface area contributed by atoms with E-state index < -0.39 is 5.91 Å². The summed E-state index contributed by atoms with van der Waals surface area (Å²) in [5.41, 5.74) is 7.03. The van der Waals surface area contributed by atoms with Crippen LogP contribution in [0.3, 0.4) is 0 Å². The molecule has 0 unspecified atom stereocenters. The molecule has 3 aromatic rings. The van der Waals surface area contributed by atoms with Crippen LogP contribution < -0.4 is 10.5 Å². The van der Waals surface area contributed by atoms with E-state index in [1.165, 1.54) is 0 Å². The van der Waals surface area contributed by atoms with Crippen molar-refractivity contribution in [3.8, 4) is 5.75 Å². The fraction of sp³-hybridized carbons (Fsp3) is 0.167. The smallest absolute Gasteiger partial charge is 0.302 e. The summed E-state index contributed by atoms with van der Waals surface area (Å²) >= 11 is 0. The van der Waals surface area contributed by atoms with Gasteiger partial charge in [0.2, 0.25) is 0 Å². The number of anilines is 1. The van der Waals surface area contributed by atoms with Crippen LogP contribution in [0.15, 0.2) is 58.8 Å². The summed E-state index contributed by atoms with van der Waals surface area (Å²) in [6.45, 7) is 1.90. The lowest BCUT2D eigenvalue weighted by molar-refractivity contribution is -0.120. The number of aryl methyl sites for hydroxylation is 1. The van der Waals surface area contributed by atoms with E-state index in [1.54, 1.807) is 0 Å². The number of nitrogens with zero attached hydrogens (tertiary/aromatic N) is 2. The van der Waals surface area contributed by atoms with Crippen molar-refractivity contribution < 1.29 is 9.53 Å². The molecular formula is C18H18N4O2. The minimum Gasteiger partial charge on any atom is -0.484 e. The summed E-state index contributed by atoms with van der Waals surface area (Å²) < 4.78 is 5.45. The van der Waals surface area contributed by atoms with Gasteiger partial charge in [-0.05, 0) is 24.1 Å². The van der Waals surface area contributed by atoms with Crippen molar-refractivity contribution in [1.82, 2.24) is 4.98 Å². The number of H-pyrrole nitrogens is 1. The lowest BCUT2D eigenvalue weighted by Gasteiger charge is -2.04. The number of hydrogen-bond donors (Lipinski definition) is 2. The maximum atomic E-state index is 11.9. The Hall–Kier alpha value is -3.15. The van der Waals surface area contributed by atoms with Gasteiger partial charge in [0.25, 0.3) is 0 Å². The number of nitrogens with two attached hydrogens (primary N) is 1. The number of carbonyl (C=O) groups excluding carboxylic acids is 1. The molecule has 122 valence electrons. The quantitative estimate of drug-likeness (QED) is 0.695. The van der Waals surface area contributed by atoms with Gasteiger partial charge in [-0.15, -0.1) is 10.2 Å². The number of aromatic nitrogens is 1. The van der Waals surface area contributed by atoms with Crippen molar-refractivity contribution in [3.63, 3.8) is 0 Å². The van der Waals surface area contributed by atoms with Crippen molar-refractivity contribution in [3.05, 3.63) is 54.1 Å². The van der Waals surface area contributed by atoms with E-state index in [4.69, 9.17) is 10.5 Å². The first-order valence-corrected chi connectivity index (χ1v) is 7.70. The van der Waals surface area contributed by atoms with E-state index in [9.17, 15) is 4.79 Å². The summed E-state index contributed by atoms with van der Waals surface area (Å²) in [7, 11) is 0. The van der Waals surface area contributed by atoms with E-state index in [1.807, 2.05) is 48.5 Å². The van der Waals surface area contributed by atoms with Crippen LogP contribution >= 0.6 is 0 Å². The molecule has 0 aliphatic heterocycles. The average molecular weight is 322 g/mol. The van der Waals surface area contributed by atoms with Crippen molar-refractivity contribution in [2.45, 2.75) is 13.3 Å². The summed E-state index contributed by atoms with van der Waals surface area (Å²) in [5.74, 6) is 1.14.